The molecule has 3 aromatic rings. The van der Waals surface area contributed by atoms with Gasteiger partial charge in [-0.25, -0.2) is 9.19 Å². The number of nitrogen functional groups attached to an aromatic ring is 1. The number of halogens is 1. The van der Waals surface area contributed by atoms with Crippen LogP contribution in [-0.2, 0) is 16.6 Å². The zero-order valence-electron chi connectivity index (χ0n) is 10.4. The molecule has 0 aliphatic carbocycles. The molecule has 1 atom stereocenters. The Kier molecular flexibility index (Phi) is 3.46. The lowest BCUT2D eigenvalue weighted by Gasteiger charge is -2.01. The Bertz CT molecular complexity index is 801. The van der Waals surface area contributed by atoms with Crippen LogP contribution < -0.4 is 5.73 Å². The first-order valence-electron chi connectivity index (χ1n) is 5.91. The fourth-order valence-electron chi connectivity index (χ4n) is 1.84. The topological polar surface area (TPSA) is 69.1 Å². The van der Waals surface area contributed by atoms with E-state index in [2.05, 4.69) is 4.98 Å². The quantitative estimate of drug-likeness (QED) is 0.753. The van der Waals surface area contributed by atoms with Crippen molar-refractivity contribution >= 4 is 39.2 Å². The molecule has 0 fully saturated rings. The second-order valence-corrected chi connectivity index (χ2v) is 6.02. The molecule has 1 heterocycles. The van der Waals surface area contributed by atoms with E-state index in [1.807, 2.05) is 18.2 Å². The molecule has 2 aromatic carbocycles. The van der Waals surface area contributed by atoms with Gasteiger partial charge in [0.05, 0.1) is 5.75 Å². The van der Waals surface area contributed by atoms with Crippen LogP contribution in [0.5, 0.6) is 0 Å². The maximum absolute atomic E-state index is 12.3. The predicted octanol–water partition coefficient (Wildman–Crippen LogP) is 3.37. The third-order valence-electron chi connectivity index (χ3n) is 2.83. The molecular formula is C14H11ClN2O2S. The summed E-state index contributed by atoms with van der Waals surface area (Å²) in [6.45, 7) is 0. The van der Waals surface area contributed by atoms with E-state index in [4.69, 9.17) is 21.8 Å². The number of nitrogens with two attached hydrogens (primary N) is 1. The zero-order chi connectivity index (χ0) is 14.1. The molecule has 0 aliphatic heterocycles. The average molecular weight is 307 g/mol. The van der Waals surface area contributed by atoms with Crippen LogP contribution in [-0.4, -0.2) is 9.19 Å². The Morgan fingerprint density at radius 2 is 2.05 bits per heavy atom. The number of aromatic nitrogens is 1. The van der Waals surface area contributed by atoms with Crippen molar-refractivity contribution in [2.75, 3.05) is 5.73 Å². The average Bonchev–Trinajstić information content (AvgIpc) is 2.84. The Hall–Kier alpha value is -1.85. The summed E-state index contributed by atoms with van der Waals surface area (Å²) < 4.78 is 17.8. The SMILES string of the molecule is Nc1ccc2nc(S(=O)Cc3ccccc3Cl)oc2c1. The molecule has 0 spiro atoms. The van der Waals surface area contributed by atoms with Gasteiger partial charge in [0.2, 0.25) is 0 Å². The molecule has 102 valence electrons. The van der Waals surface area contributed by atoms with Crippen LogP contribution in [0.15, 0.2) is 52.1 Å². The number of rotatable bonds is 3. The van der Waals surface area contributed by atoms with Crippen molar-refractivity contribution in [3.63, 3.8) is 0 Å². The lowest BCUT2D eigenvalue weighted by Crippen LogP contribution is -1.97. The van der Waals surface area contributed by atoms with E-state index in [0.29, 0.717) is 21.8 Å². The molecule has 1 aromatic heterocycles. The van der Waals surface area contributed by atoms with Crippen LogP contribution in [0, 0.1) is 0 Å². The number of hydrogen-bond acceptors (Lipinski definition) is 4. The van der Waals surface area contributed by atoms with Crippen molar-refractivity contribution in [3.05, 3.63) is 53.1 Å². The molecule has 20 heavy (non-hydrogen) atoms. The Morgan fingerprint density at radius 1 is 1.25 bits per heavy atom. The van der Waals surface area contributed by atoms with Gasteiger partial charge in [0.15, 0.2) is 5.58 Å². The van der Waals surface area contributed by atoms with Crippen molar-refractivity contribution in [3.8, 4) is 0 Å². The summed E-state index contributed by atoms with van der Waals surface area (Å²) in [6.07, 6.45) is 0. The van der Waals surface area contributed by atoms with Gasteiger partial charge in [0.1, 0.15) is 16.3 Å². The fourth-order valence-corrected chi connectivity index (χ4v) is 3.16. The molecule has 4 nitrogen and oxygen atoms in total. The van der Waals surface area contributed by atoms with Crippen LogP contribution in [0.25, 0.3) is 11.1 Å². The Morgan fingerprint density at radius 3 is 2.85 bits per heavy atom. The van der Waals surface area contributed by atoms with Gasteiger partial charge in [-0.2, -0.15) is 0 Å². The van der Waals surface area contributed by atoms with Crippen molar-refractivity contribution in [2.45, 2.75) is 11.0 Å². The summed E-state index contributed by atoms with van der Waals surface area (Å²) in [6, 6.07) is 12.4. The monoisotopic (exact) mass is 306 g/mol. The molecule has 1 unspecified atom stereocenters. The van der Waals surface area contributed by atoms with Gasteiger partial charge in [-0.3, -0.25) is 0 Å². The zero-order valence-corrected chi connectivity index (χ0v) is 11.9. The standard InChI is InChI=1S/C14H11ClN2O2S/c15-11-4-2-1-3-9(11)8-20(18)14-17-12-6-5-10(16)7-13(12)19-14/h1-7H,8,16H2. The van der Waals surface area contributed by atoms with Gasteiger partial charge in [-0.1, -0.05) is 29.8 Å². The highest BCUT2D eigenvalue weighted by atomic mass is 35.5. The lowest BCUT2D eigenvalue weighted by atomic mass is 10.2. The number of hydrogen-bond donors (Lipinski definition) is 1. The van der Waals surface area contributed by atoms with E-state index in [1.165, 1.54) is 0 Å². The molecule has 0 bridgehead atoms. The van der Waals surface area contributed by atoms with Crippen LogP contribution >= 0.6 is 11.6 Å². The molecule has 0 saturated heterocycles. The molecule has 2 N–H and O–H groups in total. The van der Waals surface area contributed by atoms with Gasteiger partial charge < -0.3 is 10.2 Å². The van der Waals surface area contributed by atoms with Gasteiger partial charge >= 0.3 is 0 Å². The minimum Gasteiger partial charge on any atom is -0.430 e. The summed E-state index contributed by atoms with van der Waals surface area (Å²) in [5.74, 6) is 0.266. The minimum atomic E-state index is -1.39. The molecule has 3 rings (SSSR count). The van der Waals surface area contributed by atoms with Gasteiger partial charge in [0.25, 0.3) is 5.22 Å². The normalized spacial score (nSPS) is 12.7. The maximum Gasteiger partial charge on any atom is 0.288 e. The van der Waals surface area contributed by atoms with Crippen LogP contribution in [0.1, 0.15) is 5.56 Å². The second-order valence-electron chi connectivity index (χ2n) is 4.29. The lowest BCUT2D eigenvalue weighted by molar-refractivity contribution is 0.477. The first kappa shape index (κ1) is 13.1. The van der Waals surface area contributed by atoms with Gasteiger partial charge in [-0.05, 0) is 23.8 Å². The van der Waals surface area contributed by atoms with Crippen LogP contribution in [0.3, 0.4) is 0 Å². The maximum atomic E-state index is 12.3. The van der Waals surface area contributed by atoms with Crippen LogP contribution in [0.2, 0.25) is 5.02 Å². The second kappa shape index (κ2) is 5.26. The van der Waals surface area contributed by atoms with Crippen LogP contribution in [0.4, 0.5) is 5.69 Å². The minimum absolute atomic E-state index is 0.186. The largest absolute Gasteiger partial charge is 0.430 e. The highest BCUT2D eigenvalue weighted by Crippen LogP contribution is 2.23. The molecule has 0 radical (unpaired) electrons. The van der Waals surface area contributed by atoms with E-state index in [-0.39, 0.29) is 11.0 Å². The summed E-state index contributed by atoms with van der Waals surface area (Å²) in [7, 11) is -1.39. The van der Waals surface area contributed by atoms with Crippen molar-refractivity contribution in [2.24, 2.45) is 0 Å². The van der Waals surface area contributed by atoms with Gasteiger partial charge in [0, 0.05) is 16.8 Å². The highest BCUT2D eigenvalue weighted by molar-refractivity contribution is 7.84. The summed E-state index contributed by atoms with van der Waals surface area (Å²) in [5, 5.41) is 0.770. The summed E-state index contributed by atoms with van der Waals surface area (Å²) in [4.78, 5) is 4.21. The van der Waals surface area contributed by atoms with Crippen molar-refractivity contribution in [1.82, 2.24) is 4.98 Å². The molecular weight excluding hydrogens is 296 g/mol. The van der Waals surface area contributed by atoms with Gasteiger partial charge in [-0.15, -0.1) is 0 Å². The number of benzene rings is 2. The third kappa shape index (κ3) is 2.55. The Balaban J connectivity index is 1.91. The number of fused-ring (bicyclic) bond motifs is 1. The van der Waals surface area contributed by atoms with E-state index in [0.717, 1.165) is 5.56 Å². The number of anilines is 1. The van der Waals surface area contributed by atoms with E-state index in [1.54, 1.807) is 24.3 Å². The Labute approximate surface area is 123 Å². The number of nitrogens with zero attached hydrogens (tertiary/aromatic N) is 1. The predicted molar refractivity (Wildman–Crippen MR) is 80.0 cm³/mol. The molecule has 6 heteroatoms. The first-order valence-corrected chi connectivity index (χ1v) is 7.61. The number of oxazole rings is 1. The molecule has 0 aliphatic rings. The smallest absolute Gasteiger partial charge is 0.288 e. The first-order chi connectivity index (χ1) is 9.63. The summed E-state index contributed by atoms with van der Waals surface area (Å²) in [5.41, 5.74) is 8.23. The van der Waals surface area contributed by atoms with Crippen molar-refractivity contribution in [1.29, 1.82) is 0 Å². The fraction of sp³-hybridized carbons (Fsp3) is 0.0714. The molecule has 0 saturated carbocycles. The van der Waals surface area contributed by atoms with Crippen molar-refractivity contribution < 1.29 is 8.63 Å². The third-order valence-corrected chi connectivity index (χ3v) is 4.34. The molecule has 0 amide bonds. The van der Waals surface area contributed by atoms with E-state index >= 15 is 0 Å². The highest BCUT2D eigenvalue weighted by Gasteiger charge is 2.14. The van der Waals surface area contributed by atoms with E-state index in [9.17, 15) is 4.21 Å². The summed E-state index contributed by atoms with van der Waals surface area (Å²) >= 11 is 6.05. The van der Waals surface area contributed by atoms with E-state index < -0.39 is 10.8 Å².